The van der Waals surface area contributed by atoms with Gasteiger partial charge in [-0.3, -0.25) is 14.5 Å². The second-order valence-electron chi connectivity index (χ2n) is 9.13. The van der Waals surface area contributed by atoms with Gasteiger partial charge in [0.25, 0.3) is 5.91 Å². The first-order chi connectivity index (χ1) is 17.7. The molecule has 8 heteroatoms. The van der Waals surface area contributed by atoms with Gasteiger partial charge in [-0.25, -0.2) is 4.98 Å². The van der Waals surface area contributed by atoms with Crippen molar-refractivity contribution in [2.75, 3.05) is 56.2 Å². The van der Waals surface area contributed by atoms with Crippen LogP contribution >= 0.6 is 0 Å². The summed E-state index contributed by atoms with van der Waals surface area (Å²) in [6, 6.07) is 19.5. The summed E-state index contributed by atoms with van der Waals surface area (Å²) in [7, 11) is 0. The Balaban J connectivity index is 1.20. The zero-order chi connectivity index (χ0) is 24.7. The number of aromatic nitrogens is 1. The molecule has 1 aromatic heterocycles. The van der Waals surface area contributed by atoms with Crippen LogP contribution in [0.2, 0.25) is 0 Å². The lowest BCUT2D eigenvalue weighted by molar-refractivity contribution is -0.115. The van der Waals surface area contributed by atoms with E-state index in [0.29, 0.717) is 24.3 Å². The van der Waals surface area contributed by atoms with E-state index in [2.05, 4.69) is 20.5 Å². The van der Waals surface area contributed by atoms with E-state index in [-0.39, 0.29) is 18.4 Å². The van der Waals surface area contributed by atoms with Gasteiger partial charge < -0.3 is 20.3 Å². The number of rotatable bonds is 8. The number of carbonyl (C=O) groups is 2. The Labute approximate surface area is 211 Å². The van der Waals surface area contributed by atoms with E-state index in [1.165, 1.54) is 0 Å². The molecule has 0 spiro atoms. The average Bonchev–Trinajstić information content (AvgIpc) is 2.92. The highest BCUT2D eigenvalue weighted by Crippen LogP contribution is 2.32. The second-order valence-corrected chi connectivity index (χ2v) is 9.13. The molecule has 3 aromatic rings. The quantitative estimate of drug-likeness (QED) is 0.477. The molecule has 1 saturated heterocycles. The van der Waals surface area contributed by atoms with Crippen LogP contribution in [0.5, 0.6) is 0 Å². The normalized spacial score (nSPS) is 15.8. The number of hydrogen-bond acceptors (Lipinski definition) is 6. The van der Waals surface area contributed by atoms with E-state index in [1.54, 1.807) is 0 Å². The van der Waals surface area contributed by atoms with Gasteiger partial charge in [0, 0.05) is 43.5 Å². The summed E-state index contributed by atoms with van der Waals surface area (Å²) in [5, 5.41) is 5.96. The van der Waals surface area contributed by atoms with E-state index in [9.17, 15) is 9.59 Å². The third kappa shape index (κ3) is 5.90. The number of fused-ring (bicyclic) bond motifs is 1. The molecule has 0 aliphatic carbocycles. The number of benzene rings is 2. The van der Waals surface area contributed by atoms with Gasteiger partial charge in [-0.2, -0.15) is 0 Å². The number of pyridine rings is 1. The van der Waals surface area contributed by atoms with Crippen molar-refractivity contribution in [1.82, 2.24) is 15.2 Å². The summed E-state index contributed by atoms with van der Waals surface area (Å²) < 4.78 is 5.37. The number of carbonyl (C=O) groups excluding carboxylic acids is 2. The lowest BCUT2D eigenvalue weighted by Crippen LogP contribution is -2.38. The molecule has 1 fully saturated rings. The summed E-state index contributed by atoms with van der Waals surface area (Å²) in [5.74, 6) is 0.629. The fourth-order valence-corrected chi connectivity index (χ4v) is 4.58. The predicted octanol–water partition coefficient (Wildman–Crippen LogP) is 3.16. The van der Waals surface area contributed by atoms with Gasteiger partial charge >= 0.3 is 0 Å². The maximum atomic E-state index is 12.5. The summed E-state index contributed by atoms with van der Waals surface area (Å²) in [4.78, 5) is 33.9. The van der Waals surface area contributed by atoms with Crippen molar-refractivity contribution in [2.45, 2.75) is 13.0 Å². The van der Waals surface area contributed by atoms with Crippen molar-refractivity contribution in [1.29, 1.82) is 0 Å². The zero-order valence-electron chi connectivity index (χ0n) is 20.3. The smallest absolute Gasteiger partial charge is 0.251 e. The van der Waals surface area contributed by atoms with Gasteiger partial charge in [0.2, 0.25) is 5.91 Å². The van der Waals surface area contributed by atoms with Gasteiger partial charge in [-0.05, 0) is 42.3 Å². The fourth-order valence-electron chi connectivity index (χ4n) is 4.58. The molecule has 2 aromatic carbocycles. The summed E-state index contributed by atoms with van der Waals surface area (Å²) >= 11 is 0. The highest BCUT2D eigenvalue weighted by atomic mass is 16.5. The molecule has 0 bridgehead atoms. The number of nitrogens with zero attached hydrogens (tertiary/aromatic N) is 3. The Morgan fingerprint density at radius 1 is 1.03 bits per heavy atom. The molecule has 0 atom stereocenters. The van der Waals surface area contributed by atoms with Crippen LogP contribution in [0.1, 0.15) is 22.3 Å². The number of anilines is 2. The van der Waals surface area contributed by atoms with E-state index in [0.717, 1.165) is 61.8 Å². The molecule has 186 valence electrons. The summed E-state index contributed by atoms with van der Waals surface area (Å²) in [5.41, 5.74) is 4.26. The van der Waals surface area contributed by atoms with Gasteiger partial charge in [0.15, 0.2) is 5.82 Å². The fraction of sp³-hybridized carbons (Fsp3) is 0.321. The Hall–Kier alpha value is -3.75. The third-order valence-corrected chi connectivity index (χ3v) is 6.51. The number of morpholine rings is 1. The minimum absolute atomic E-state index is 0.0574. The predicted molar refractivity (Wildman–Crippen MR) is 140 cm³/mol. The van der Waals surface area contributed by atoms with Crippen LogP contribution in [0, 0.1) is 0 Å². The first-order valence-corrected chi connectivity index (χ1v) is 12.4. The number of hydrogen-bond donors (Lipinski definition) is 2. The monoisotopic (exact) mass is 485 g/mol. The molecule has 2 aliphatic heterocycles. The SMILES string of the molecule is O=C1CN(Cc2ccccc2)c2ncc(-c3ccc(C(=O)NCCCN4CCOCC4)cc3)cc2N1. The molecule has 3 heterocycles. The number of nitrogens with one attached hydrogen (secondary N) is 2. The maximum absolute atomic E-state index is 12.5. The summed E-state index contributed by atoms with van der Waals surface area (Å²) in [6.07, 6.45) is 2.73. The van der Waals surface area contributed by atoms with Crippen LogP contribution < -0.4 is 15.5 Å². The second kappa shape index (κ2) is 11.3. The van der Waals surface area contributed by atoms with Crippen LogP contribution in [0.4, 0.5) is 11.5 Å². The molecule has 2 aliphatic rings. The van der Waals surface area contributed by atoms with Crippen LogP contribution in [0.3, 0.4) is 0 Å². The standard InChI is InChI=1S/C28H31N5O3/c34-26-20-33(19-21-5-2-1-3-6-21)27-25(31-26)17-24(18-30-27)22-7-9-23(10-8-22)28(35)29-11-4-12-32-13-15-36-16-14-32/h1-3,5-10,17-18H,4,11-16,19-20H2,(H,29,35)(H,31,34). The van der Waals surface area contributed by atoms with Crippen molar-refractivity contribution in [2.24, 2.45) is 0 Å². The maximum Gasteiger partial charge on any atom is 0.251 e. The number of ether oxygens (including phenoxy) is 1. The first kappa shape index (κ1) is 24.0. The van der Waals surface area contributed by atoms with Gasteiger partial charge in [-0.1, -0.05) is 42.5 Å². The molecule has 2 N–H and O–H groups in total. The van der Waals surface area contributed by atoms with E-state index < -0.39 is 0 Å². The Morgan fingerprint density at radius 3 is 2.58 bits per heavy atom. The molecule has 0 saturated carbocycles. The molecular formula is C28H31N5O3. The minimum Gasteiger partial charge on any atom is -0.379 e. The summed E-state index contributed by atoms with van der Waals surface area (Å²) in [6.45, 7) is 5.99. The number of amides is 2. The molecule has 2 amide bonds. The third-order valence-electron chi connectivity index (χ3n) is 6.51. The minimum atomic E-state index is -0.0732. The van der Waals surface area contributed by atoms with Crippen LogP contribution in [-0.2, 0) is 16.1 Å². The lowest BCUT2D eigenvalue weighted by Gasteiger charge is -2.30. The molecule has 0 radical (unpaired) electrons. The topological polar surface area (TPSA) is 86.8 Å². The Bertz CT molecular complexity index is 1190. The highest BCUT2D eigenvalue weighted by molar-refractivity contribution is 6.01. The van der Waals surface area contributed by atoms with E-state index in [4.69, 9.17) is 4.74 Å². The lowest BCUT2D eigenvalue weighted by atomic mass is 10.0. The van der Waals surface area contributed by atoms with E-state index >= 15 is 0 Å². The molecular weight excluding hydrogens is 454 g/mol. The molecule has 8 nitrogen and oxygen atoms in total. The first-order valence-electron chi connectivity index (χ1n) is 12.4. The van der Waals surface area contributed by atoms with Crippen LogP contribution in [0.15, 0.2) is 66.9 Å². The average molecular weight is 486 g/mol. The van der Waals surface area contributed by atoms with Crippen molar-refractivity contribution in [3.63, 3.8) is 0 Å². The van der Waals surface area contributed by atoms with Crippen molar-refractivity contribution < 1.29 is 14.3 Å². The van der Waals surface area contributed by atoms with Gasteiger partial charge in [0.1, 0.15) is 0 Å². The van der Waals surface area contributed by atoms with Crippen LogP contribution in [0.25, 0.3) is 11.1 Å². The molecule has 5 rings (SSSR count). The zero-order valence-corrected chi connectivity index (χ0v) is 20.3. The Morgan fingerprint density at radius 2 is 1.81 bits per heavy atom. The molecule has 36 heavy (non-hydrogen) atoms. The van der Waals surface area contributed by atoms with Crippen LogP contribution in [-0.4, -0.2) is 67.6 Å². The van der Waals surface area contributed by atoms with E-state index in [1.807, 2.05) is 71.8 Å². The Kier molecular flexibility index (Phi) is 7.54. The highest BCUT2D eigenvalue weighted by Gasteiger charge is 2.24. The van der Waals surface area contributed by atoms with Gasteiger partial charge in [-0.15, -0.1) is 0 Å². The molecule has 0 unspecified atom stereocenters. The van der Waals surface area contributed by atoms with Crippen molar-refractivity contribution in [3.05, 3.63) is 78.0 Å². The van der Waals surface area contributed by atoms with Crippen molar-refractivity contribution in [3.8, 4) is 11.1 Å². The largest absolute Gasteiger partial charge is 0.379 e. The van der Waals surface area contributed by atoms with Gasteiger partial charge in [0.05, 0.1) is 25.4 Å². The van der Waals surface area contributed by atoms with Crippen molar-refractivity contribution >= 4 is 23.3 Å².